The van der Waals surface area contributed by atoms with E-state index in [0.29, 0.717) is 23.7 Å². The summed E-state index contributed by atoms with van der Waals surface area (Å²) in [5.74, 6) is 0.646. The van der Waals surface area contributed by atoms with Gasteiger partial charge in [-0.2, -0.15) is 10.1 Å². The minimum Gasteiger partial charge on any atom is -0.481 e. The van der Waals surface area contributed by atoms with Crippen molar-refractivity contribution in [3.8, 4) is 0 Å². The number of anilines is 1. The molecule has 1 atom stereocenters. The Balaban J connectivity index is 2.27. The predicted octanol–water partition coefficient (Wildman–Crippen LogP) is 0.918. The summed E-state index contributed by atoms with van der Waals surface area (Å²) in [6, 6.07) is 0.311. The Hall–Kier alpha value is -1.59. The van der Waals surface area contributed by atoms with Crippen LogP contribution in [0.25, 0.3) is 0 Å². The Morgan fingerprint density at radius 1 is 1.69 bits per heavy atom. The van der Waals surface area contributed by atoms with Crippen LogP contribution in [0.2, 0.25) is 0 Å². The minimum atomic E-state index is -0.899. The molecule has 0 fully saturated rings. The highest BCUT2D eigenvalue weighted by Gasteiger charge is 2.25. The standard InChI is InChI=1S/C10H16N4O2/c1-6(2)7-3-4-11-10-12-8(5-9(15)16)13-14(7)10/h6-7H,3-5H2,1-2H3,(H,15,16)(H,11,12,13). The third kappa shape index (κ3) is 2.00. The molecule has 0 saturated carbocycles. The van der Waals surface area contributed by atoms with Crippen molar-refractivity contribution in [1.82, 2.24) is 14.8 Å². The van der Waals surface area contributed by atoms with Gasteiger partial charge >= 0.3 is 5.97 Å². The van der Waals surface area contributed by atoms with Gasteiger partial charge in [-0.25, -0.2) is 4.68 Å². The van der Waals surface area contributed by atoms with Gasteiger partial charge in [0.1, 0.15) is 6.42 Å². The molecule has 2 N–H and O–H groups in total. The van der Waals surface area contributed by atoms with E-state index < -0.39 is 5.97 Å². The van der Waals surface area contributed by atoms with Gasteiger partial charge in [-0.3, -0.25) is 4.79 Å². The summed E-state index contributed by atoms with van der Waals surface area (Å²) in [5.41, 5.74) is 0. The zero-order chi connectivity index (χ0) is 11.7. The van der Waals surface area contributed by atoms with E-state index in [-0.39, 0.29) is 6.42 Å². The van der Waals surface area contributed by atoms with Crippen molar-refractivity contribution in [2.24, 2.45) is 5.92 Å². The lowest BCUT2D eigenvalue weighted by atomic mass is 10.0. The van der Waals surface area contributed by atoms with Crippen molar-refractivity contribution < 1.29 is 9.90 Å². The maximum absolute atomic E-state index is 10.6. The molecule has 88 valence electrons. The number of nitrogens with one attached hydrogen (secondary N) is 1. The Kier molecular flexibility index (Phi) is 2.80. The quantitative estimate of drug-likeness (QED) is 0.798. The zero-order valence-corrected chi connectivity index (χ0v) is 9.47. The van der Waals surface area contributed by atoms with Gasteiger partial charge in [0.15, 0.2) is 5.82 Å². The SMILES string of the molecule is CC(C)C1CCNc2nc(CC(=O)O)nn21. The molecule has 1 aliphatic rings. The molecular weight excluding hydrogens is 208 g/mol. The van der Waals surface area contributed by atoms with E-state index >= 15 is 0 Å². The second kappa shape index (κ2) is 4.11. The molecule has 6 heteroatoms. The second-order valence-electron chi connectivity index (χ2n) is 4.39. The van der Waals surface area contributed by atoms with Crippen LogP contribution in [0.15, 0.2) is 0 Å². The van der Waals surface area contributed by atoms with Crippen LogP contribution in [-0.4, -0.2) is 32.4 Å². The molecule has 1 aromatic rings. The number of aliphatic carboxylic acids is 1. The molecule has 0 aliphatic carbocycles. The number of hydrogen-bond donors (Lipinski definition) is 2. The number of aromatic nitrogens is 3. The van der Waals surface area contributed by atoms with Gasteiger partial charge in [0, 0.05) is 6.54 Å². The summed E-state index contributed by atoms with van der Waals surface area (Å²) in [6.07, 6.45) is 0.882. The summed E-state index contributed by atoms with van der Waals surface area (Å²) in [4.78, 5) is 14.8. The maximum atomic E-state index is 10.6. The number of carboxylic acids is 1. The predicted molar refractivity (Wildman–Crippen MR) is 58.3 cm³/mol. The first-order valence-electron chi connectivity index (χ1n) is 5.49. The summed E-state index contributed by atoms with van der Waals surface area (Å²) < 4.78 is 1.83. The van der Waals surface area contributed by atoms with Crippen LogP contribution in [0.4, 0.5) is 5.95 Å². The van der Waals surface area contributed by atoms with E-state index in [2.05, 4.69) is 29.2 Å². The van der Waals surface area contributed by atoms with E-state index in [1.54, 1.807) is 0 Å². The lowest BCUT2D eigenvalue weighted by Crippen LogP contribution is -2.27. The highest BCUT2D eigenvalue weighted by atomic mass is 16.4. The molecule has 0 radical (unpaired) electrons. The first-order valence-corrected chi connectivity index (χ1v) is 5.49. The molecule has 0 bridgehead atoms. The fraction of sp³-hybridized carbons (Fsp3) is 0.700. The van der Waals surface area contributed by atoms with Gasteiger partial charge in [0.2, 0.25) is 5.95 Å². The molecule has 1 aromatic heterocycles. The molecule has 0 aromatic carbocycles. The Morgan fingerprint density at radius 2 is 2.44 bits per heavy atom. The topological polar surface area (TPSA) is 80.0 Å². The zero-order valence-electron chi connectivity index (χ0n) is 9.47. The van der Waals surface area contributed by atoms with Crippen molar-refractivity contribution in [3.63, 3.8) is 0 Å². The first kappa shape index (κ1) is 10.9. The largest absolute Gasteiger partial charge is 0.481 e. The van der Waals surface area contributed by atoms with Crippen molar-refractivity contribution in [2.75, 3.05) is 11.9 Å². The van der Waals surface area contributed by atoms with Crippen LogP contribution in [0.3, 0.4) is 0 Å². The van der Waals surface area contributed by atoms with Crippen molar-refractivity contribution in [1.29, 1.82) is 0 Å². The van der Waals surface area contributed by atoms with Crippen molar-refractivity contribution in [3.05, 3.63) is 5.82 Å². The smallest absolute Gasteiger partial charge is 0.311 e. The van der Waals surface area contributed by atoms with Crippen LogP contribution in [0, 0.1) is 5.92 Å². The number of fused-ring (bicyclic) bond motifs is 1. The lowest BCUT2D eigenvalue weighted by Gasteiger charge is -2.27. The van der Waals surface area contributed by atoms with Gasteiger partial charge in [-0.05, 0) is 12.3 Å². The molecule has 1 aliphatic heterocycles. The number of rotatable bonds is 3. The monoisotopic (exact) mass is 224 g/mol. The van der Waals surface area contributed by atoms with E-state index in [9.17, 15) is 4.79 Å². The first-order chi connectivity index (χ1) is 7.58. The fourth-order valence-electron chi connectivity index (χ4n) is 2.00. The van der Waals surface area contributed by atoms with E-state index in [4.69, 9.17) is 5.11 Å². The van der Waals surface area contributed by atoms with E-state index in [1.165, 1.54) is 0 Å². The normalized spacial score (nSPS) is 19.3. The van der Waals surface area contributed by atoms with E-state index in [1.807, 2.05) is 4.68 Å². The van der Waals surface area contributed by atoms with Gasteiger partial charge < -0.3 is 10.4 Å². The molecule has 2 rings (SSSR count). The molecular formula is C10H16N4O2. The lowest BCUT2D eigenvalue weighted by molar-refractivity contribution is -0.136. The van der Waals surface area contributed by atoms with E-state index in [0.717, 1.165) is 13.0 Å². The molecule has 6 nitrogen and oxygen atoms in total. The van der Waals surface area contributed by atoms with Gasteiger partial charge in [-0.15, -0.1) is 0 Å². The molecule has 2 heterocycles. The number of nitrogens with zero attached hydrogens (tertiary/aromatic N) is 3. The second-order valence-corrected chi connectivity index (χ2v) is 4.39. The van der Waals surface area contributed by atoms with Gasteiger partial charge in [0.25, 0.3) is 0 Å². The molecule has 16 heavy (non-hydrogen) atoms. The van der Waals surface area contributed by atoms with Crippen LogP contribution in [-0.2, 0) is 11.2 Å². The fourth-order valence-corrected chi connectivity index (χ4v) is 2.00. The molecule has 0 spiro atoms. The van der Waals surface area contributed by atoms with Gasteiger partial charge in [0.05, 0.1) is 6.04 Å². The van der Waals surface area contributed by atoms with Crippen molar-refractivity contribution in [2.45, 2.75) is 32.7 Å². The van der Waals surface area contributed by atoms with Gasteiger partial charge in [-0.1, -0.05) is 13.8 Å². The molecule has 0 amide bonds. The summed E-state index contributed by atoms with van der Waals surface area (Å²) in [5, 5.41) is 16.1. The van der Waals surface area contributed by atoms with Crippen LogP contribution in [0.1, 0.15) is 32.1 Å². The van der Waals surface area contributed by atoms with Crippen LogP contribution in [0.5, 0.6) is 0 Å². The highest BCUT2D eigenvalue weighted by molar-refractivity contribution is 5.69. The number of carbonyl (C=O) groups is 1. The van der Waals surface area contributed by atoms with Crippen molar-refractivity contribution >= 4 is 11.9 Å². The Labute approximate surface area is 93.7 Å². The third-order valence-electron chi connectivity index (χ3n) is 2.79. The number of carboxylic acid groups (broad SMARTS) is 1. The average Bonchev–Trinajstić information content (AvgIpc) is 2.57. The highest BCUT2D eigenvalue weighted by Crippen LogP contribution is 2.27. The molecule has 0 saturated heterocycles. The summed E-state index contributed by atoms with van der Waals surface area (Å²) >= 11 is 0. The Morgan fingerprint density at radius 3 is 3.06 bits per heavy atom. The summed E-state index contributed by atoms with van der Waals surface area (Å²) in [7, 11) is 0. The molecule has 1 unspecified atom stereocenters. The van der Waals surface area contributed by atoms with Crippen LogP contribution < -0.4 is 5.32 Å². The Bertz CT molecular complexity index is 400. The maximum Gasteiger partial charge on any atom is 0.311 e. The number of hydrogen-bond acceptors (Lipinski definition) is 4. The van der Waals surface area contributed by atoms with Crippen LogP contribution >= 0.6 is 0 Å². The third-order valence-corrected chi connectivity index (χ3v) is 2.79. The minimum absolute atomic E-state index is 0.119. The summed E-state index contributed by atoms with van der Waals surface area (Å²) in [6.45, 7) is 5.14. The average molecular weight is 224 g/mol.